The lowest BCUT2D eigenvalue weighted by Crippen LogP contribution is -1.82. The van der Waals surface area contributed by atoms with E-state index >= 15 is 0 Å². The molecule has 5 heteroatoms. The lowest BCUT2D eigenvalue weighted by atomic mass is 10.2. The van der Waals surface area contributed by atoms with Crippen LogP contribution < -0.4 is 0 Å². The average molecular weight is 258 g/mol. The standard InChI is InChI=1S/C10H5Cl2NOS/c11-6-1-2-8(12)7(3-6)9-5-15-10(4-14)13-9/h1-5H. The molecule has 0 amide bonds. The number of benzene rings is 1. The van der Waals surface area contributed by atoms with Gasteiger partial charge in [-0.05, 0) is 18.2 Å². The summed E-state index contributed by atoms with van der Waals surface area (Å²) < 4.78 is 0. The third-order valence-electron chi connectivity index (χ3n) is 1.83. The highest BCUT2D eigenvalue weighted by molar-refractivity contribution is 7.11. The Morgan fingerprint density at radius 1 is 1.33 bits per heavy atom. The van der Waals surface area contributed by atoms with Crippen LogP contribution in [-0.2, 0) is 0 Å². The average Bonchev–Trinajstić information content (AvgIpc) is 2.70. The molecule has 0 aliphatic rings. The van der Waals surface area contributed by atoms with E-state index < -0.39 is 0 Å². The minimum absolute atomic E-state index is 0.432. The molecule has 0 spiro atoms. The third kappa shape index (κ3) is 2.20. The molecular formula is C10H5Cl2NOS. The van der Waals surface area contributed by atoms with E-state index in [4.69, 9.17) is 23.2 Å². The second-order valence-corrected chi connectivity index (χ2v) is 4.55. The van der Waals surface area contributed by atoms with Crippen LogP contribution in [0.2, 0.25) is 10.0 Å². The van der Waals surface area contributed by atoms with E-state index in [-0.39, 0.29) is 0 Å². The molecule has 0 bridgehead atoms. The van der Waals surface area contributed by atoms with Crippen molar-refractivity contribution in [1.82, 2.24) is 4.98 Å². The molecule has 0 fully saturated rings. The molecule has 2 rings (SSSR count). The number of hydrogen-bond acceptors (Lipinski definition) is 3. The number of halogens is 2. The van der Waals surface area contributed by atoms with E-state index in [1.165, 1.54) is 11.3 Å². The molecule has 1 aromatic carbocycles. The highest BCUT2D eigenvalue weighted by atomic mass is 35.5. The molecular weight excluding hydrogens is 253 g/mol. The first-order chi connectivity index (χ1) is 7.20. The SMILES string of the molecule is O=Cc1nc(-c2cc(Cl)ccc2Cl)cs1. The minimum Gasteiger partial charge on any atom is -0.295 e. The molecule has 1 aromatic heterocycles. The van der Waals surface area contributed by atoms with Crippen LogP contribution in [0, 0.1) is 0 Å². The lowest BCUT2D eigenvalue weighted by molar-refractivity contribution is 0.112. The zero-order chi connectivity index (χ0) is 10.8. The summed E-state index contributed by atoms with van der Waals surface area (Å²) in [4.78, 5) is 14.6. The van der Waals surface area contributed by atoms with Crippen LogP contribution in [0.3, 0.4) is 0 Å². The summed E-state index contributed by atoms with van der Waals surface area (Å²) in [6.45, 7) is 0. The van der Waals surface area contributed by atoms with Crippen LogP contribution in [0.25, 0.3) is 11.3 Å². The van der Waals surface area contributed by atoms with Gasteiger partial charge in [0.2, 0.25) is 0 Å². The predicted molar refractivity (Wildman–Crippen MR) is 63.0 cm³/mol. The topological polar surface area (TPSA) is 30.0 Å². The van der Waals surface area contributed by atoms with Crippen LogP contribution in [0.15, 0.2) is 23.6 Å². The molecule has 0 unspecified atom stereocenters. The van der Waals surface area contributed by atoms with Crippen molar-refractivity contribution in [3.63, 3.8) is 0 Å². The van der Waals surface area contributed by atoms with Gasteiger partial charge in [-0.15, -0.1) is 11.3 Å². The van der Waals surface area contributed by atoms with E-state index in [0.29, 0.717) is 27.0 Å². The Hall–Kier alpha value is -0.900. The number of nitrogens with zero attached hydrogens (tertiary/aromatic N) is 1. The summed E-state index contributed by atoms with van der Waals surface area (Å²) in [5, 5.41) is 3.37. The van der Waals surface area contributed by atoms with Gasteiger partial charge in [0, 0.05) is 16.0 Å². The van der Waals surface area contributed by atoms with Gasteiger partial charge in [-0.1, -0.05) is 23.2 Å². The monoisotopic (exact) mass is 257 g/mol. The normalized spacial score (nSPS) is 10.3. The Morgan fingerprint density at radius 2 is 2.13 bits per heavy atom. The van der Waals surface area contributed by atoms with Crippen LogP contribution in [0.1, 0.15) is 9.80 Å². The number of aldehydes is 1. The number of carbonyl (C=O) groups is 1. The quantitative estimate of drug-likeness (QED) is 0.764. The second kappa shape index (κ2) is 4.31. The maximum absolute atomic E-state index is 10.5. The summed E-state index contributed by atoms with van der Waals surface area (Å²) in [6.07, 6.45) is 0.715. The van der Waals surface area contributed by atoms with Gasteiger partial charge in [-0.3, -0.25) is 4.79 Å². The molecule has 0 atom stereocenters. The molecule has 15 heavy (non-hydrogen) atoms. The molecule has 2 nitrogen and oxygen atoms in total. The summed E-state index contributed by atoms with van der Waals surface area (Å²) in [7, 11) is 0. The van der Waals surface area contributed by atoms with E-state index in [2.05, 4.69) is 4.98 Å². The molecule has 76 valence electrons. The molecule has 0 aliphatic carbocycles. The van der Waals surface area contributed by atoms with Crippen LogP contribution >= 0.6 is 34.5 Å². The van der Waals surface area contributed by atoms with Crippen molar-refractivity contribution in [2.45, 2.75) is 0 Å². The highest BCUT2D eigenvalue weighted by Gasteiger charge is 2.08. The van der Waals surface area contributed by atoms with Gasteiger partial charge in [0.15, 0.2) is 11.3 Å². The van der Waals surface area contributed by atoms with Gasteiger partial charge in [0.1, 0.15) is 0 Å². The fourth-order valence-electron chi connectivity index (χ4n) is 1.16. The minimum atomic E-state index is 0.432. The summed E-state index contributed by atoms with van der Waals surface area (Å²) >= 11 is 13.1. The van der Waals surface area contributed by atoms with E-state index in [1.807, 2.05) is 0 Å². The number of aromatic nitrogens is 1. The fourth-order valence-corrected chi connectivity index (χ4v) is 2.16. The first-order valence-corrected chi connectivity index (χ1v) is 5.70. The zero-order valence-corrected chi connectivity index (χ0v) is 9.73. The van der Waals surface area contributed by atoms with Crippen LogP contribution in [0.4, 0.5) is 0 Å². The highest BCUT2D eigenvalue weighted by Crippen LogP contribution is 2.30. The molecule has 0 radical (unpaired) electrons. The van der Waals surface area contributed by atoms with E-state index in [0.717, 1.165) is 5.56 Å². The van der Waals surface area contributed by atoms with Gasteiger partial charge in [0.25, 0.3) is 0 Å². The summed E-state index contributed by atoms with van der Waals surface area (Å²) in [6, 6.07) is 5.15. The molecule has 0 aliphatic heterocycles. The molecule has 0 N–H and O–H groups in total. The second-order valence-electron chi connectivity index (χ2n) is 2.81. The van der Waals surface area contributed by atoms with Crippen LogP contribution in [0.5, 0.6) is 0 Å². The van der Waals surface area contributed by atoms with Gasteiger partial charge < -0.3 is 0 Å². The van der Waals surface area contributed by atoms with Crippen molar-refractivity contribution >= 4 is 40.8 Å². The maximum Gasteiger partial charge on any atom is 0.178 e. The van der Waals surface area contributed by atoms with E-state index in [9.17, 15) is 4.79 Å². The van der Waals surface area contributed by atoms with Crippen molar-refractivity contribution in [1.29, 1.82) is 0 Å². The smallest absolute Gasteiger partial charge is 0.178 e. The first kappa shape index (κ1) is 10.6. The maximum atomic E-state index is 10.5. The van der Waals surface area contributed by atoms with Crippen LogP contribution in [-0.4, -0.2) is 11.3 Å². The van der Waals surface area contributed by atoms with Gasteiger partial charge in [0.05, 0.1) is 10.7 Å². The Balaban J connectivity index is 2.52. The van der Waals surface area contributed by atoms with Gasteiger partial charge >= 0.3 is 0 Å². The van der Waals surface area contributed by atoms with Crippen molar-refractivity contribution in [3.05, 3.63) is 38.6 Å². The molecule has 0 saturated heterocycles. The summed E-state index contributed by atoms with van der Waals surface area (Å²) in [5.74, 6) is 0. The largest absolute Gasteiger partial charge is 0.295 e. The first-order valence-electron chi connectivity index (χ1n) is 4.07. The number of hydrogen-bond donors (Lipinski definition) is 0. The van der Waals surface area contributed by atoms with E-state index in [1.54, 1.807) is 23.6 Å². The molecule has 2 aromatic rings. The number of thiazole rings is 1. The number of rotatable bonds is 2. The lowest BCUT2D eigenvalue weighted by Gasteiger charge is -2.00. The molecule has 0 saturated carbocycles. The molecule has 1 heterocycles. The van der Waals surface area contributed by atoms with Crippen molar-refractivity contribution in [2.75, 3.05) is 0 Å². The Bertz CT molecular complexity index is 510. The Labute approximate surface area is 100 Å². The van der Waals surface area contributed by atoms with Gasteiger partial charge in [-0.2, -0.15) is 0 Å². The van der Waals surface area contributed by atoms with Crippen molar-refractivity contribution < 1.29 is 4.79 Å². The Kier molecular flexibility index (Phi) is 3.05. The number of carbonyl (C=O) groups excluding carboxylic acids is 1. The third-order valence-corrected chi connectivity index (χ3v) is 3.16. The summed E-state index contributed by atoms with van der Waals surface area (Å²) in [5.41, 5.74) is 1.42. The van der Waals surface area contributed by atoms with Crippen molar-refractivity contribution in [3.8, 4) is 11.3 Å². The zero-order valence-electron chi connectivity index (χ0n) is 7.41. The Morgan fingerprint density at radius 3 is 2.80 bits per heavy atom. The van der Waals surface area contributed by atoms with Gasteiger partial charge in [-0.25, -0.2) is 4.98 Å². The van der Waals surface area contributed by atoms with Crippen molar-refractivity contribution in [2.24, 2.45) is 0 Å². The fraction of sp³-hybridized carbons (Fsp3) is 0. The predicted octanol–water partition coefficient (Wildman–Crippen LogP) is 3.93.